The molecule has 3 aromatic rings. The summed E-state index contributed by atoms with van der Waals surface area (Å²) < 4.78 is 6.87. The van der Waals surface area contributed by atoms with Crippen LogP contribution in [0.2, 0.25) is 0 Å². The average molecular weight is 336 g/mol. The predicted octanol–water partition coefficient (Wildman–Crippen LogP) is 2.13. The van der Waals surface area contributed by atoms with Gasteiger partial charge < -0.3 is 4.74 Å². The molecule has 2 aromatic heterocycles. The Morgan fingerprint density at radius 1 is 1.24 bits per heavy atom. The fourth-order valence-electron chi connectivity index (χ4n) is 3.25. The first-order valence-electron chi connectivity index (χ1n) is 8.34. The zero-order valence-corrected chi connectivity index (χ0v) is 14.1. The molecule has 1 aliphatic heterocycles. The molecule has 128 valence electrons. The van der Waals surface area contributed by atoms with Crippen LogP contribution < -0.4 is 10.3 Å². The molecule has 25 heavy (non-hydrogen) atoms. The van der Waals surface area contributed by atoms with E-state index in [0.29, 0.717) is 6.54 Å². The molecule has 0 unspecified atom stereocenters. The van der Waals surface area contributed by atoms with E-state index in [2.05, 4.69) is 15.0 Å². The topological polar surface area (TPSA) is 63.1 Å². The van der Waals surface area contributed by atoms with E-state index < -0.39 is 0 Å². The van der Waals surface area contributed by atoms with Crippen molar-refractivity contribution in [1.82, 2.24) is 19.7 Å². The predicted molar refractivity (Wildman–Crippen MR) is 95.0 cm³/mol. The molecule has 4 rings (SSSR count). The van der Waals surface area contributed by atoms with Crippen LogP contribution in [-0.4, -0.2) is 33.3 Å². The molecule has 1 aromatic carbocycles. The van der Waals surface area contributed by atoms with Gasteiger partial charge in [0.25, 0.3) is 5.56 Å². The maximum Gasteiger partial charge on any atom is 0.275 e. The van der Waals surface area contributed by atoms with Crippen LogP contribution in [-0.2, 0) is 19.5 Å². The first kappa shape index (κ1) is 15.7. The van der Waals surface area contributed by atoms with E-state index in [0.717, 1.165) is 47.9 Å². The van der Waals surface area contributed by atoms with E-state index >= 15 is 0 Å². The van der Waals surface area contributed by atoms with Crippen molar-refractivity contribution < 1.29 is 4.74 Å². The van der Waals surface area contributed by atoms with E-state index in [1.807, 2.05) is 42.5 Å². The van der Waals surface area contributed by atoms with Crippen LogP contribution >= 0.6 is 0 Å². The summed E-state index contributed by atoms with van der Waals surface area (Å²) in [6.45, 7) is 2.30. The summed E-state index contributed by atoms with van der Waals surface area (Å²) in [5.41, 5.74) is 3.67. The zero-order valence-electron chi connectivity index (χ0n) is 14.1. The number of nitrogens with one attached hydrogen (secondary N) is 1. The van der Waals surface area contributed by atoms with E-state index in [9.17, 15) is 4.79 Å². The standard InChI is InChI=1S/C19H20N4O2/c1-25-16-7-4-6-15(11-16)23-19(24)17-13-22(10-8-18(17)21-23)12-14-5-2-3-9-20-14/h2-7,9,11,21H,8,10,12-13H2,1H3. The van der Waals surface area contributed by atoms with Gasteiger partial charge in [-0.2, -0.15) is 0 Å². The first-order chi connectivity index (χ1) is 12.2. The van der Waals surface area contributed by atoms with Crippen LogP contribution in [0.4, 0.5) is 0 Å². The van der Waals surface area contributed by atoms with Crippen LogP contribution in [0.3, 0.4) is 0 Å². The summed E-state index contributed by atoms with van der Waals surface area (Å²) in [6.07, 6.45) is 2.63. The van der Waals surface area contributed by atoms with Gasteiger partial charge in [0.15, 0.2) is 0 Å². The zero-order chi connectivity index (χ0) is 17.2. The maximum absolute atomic E-state index is 12.9. The third-order valence-corrected chi connectivity index (χ3v) is 4.56. The highest BCUT2D eigenvalue weighted by molar-refractivity contribution is 5.40. The largest absolute Gasteiger partial charge is 0.497 e. The van der Waals surface area contributed by atoms with E-state index in [-0.39, 0.29) is 5.56 Å². The Balaban J connectivity index is 1.61. The number of hydrogen-bond acceptors (Lipinski definition) is 4. The molecule has 1 N–H and O–H groups in total. The SMILES string of the molecule is COc1cccc(-n2[nH]c3c(c2=O)CN(Cc2ccccn2)CC3)c1. The first-order valence-corrected chi connectivity index (χ1v) is 8.34. The van der Waals surface area contributed by atoms with Crippen molar-refractivity contribution in [3.05, 3.63) is 76.0 Å². The summed E-state index contributed by atoms with van der Waals surface area (Å²) in [7, 11) is 1.62. The molecule has 3 heterocycles. The number of aromatic amines is 1. The summed E-state index contributed by atoms with van der Waals surface area (Å²) in [5, 5.41) is 3.26. The Labute approximate surface area is 145 Å². The number of methoxy groups -OCH3 is 1. The van der Waals surface area contributed by atoms with Crippen molar-refractivity contribution in [2.45, 2.75) is 19.5 Å². The molecule has 0 atom stereocenters. The second-order valence-electron chi connectivity index (χ2n) is 6.19. The number of ether oxygens (including phenoxy) is 1. The van der Waals surface area contributed by atoms with Gasteiger partial charge in [-0.1, -0.05) is 12.1 Å². The van der Waals surface area contributed by atoms with Crippen LogP contribution in [0.15, 0.2) is 53.5 Å². The Hall–Kier alpha value is -2.86. The summed E-state index contributed by atoms with van der Waals surface area (Å²) in [4.78, 5) is 19.5. The van der Waals surface area contributed by atoms with Crippen molar-refractivity contribution in [2.24, 2.45) is 0 Å². The molecular formula is C19H20N4O2. The van der Waals surface area contributed by atoms with Crippen LogP contribution in [0, 0.1) is 0 Å². The summed E-state index contributed by atoms with van der Waals surface area (Å²) in [5.74, 6) is 0.730. The van der Waals surface area contributed by atoms with Crippen LogP contribution in [0.1, 0.15) is 17.0 Å². The number of hydrogen-bond donors (Lipinski definition) is 1. The molecule has 0 amide bonds. The highest BCUT2D eigenvalue weighted by Gasteiger charge is 2.23. The molecule has 1 aliphatic rings. The van der Waals surface area contributed by atoms with E-state index in [1.165, 1.54) is 0 Å². The van der Waals surface area contributed by atoms with Gasteiger partial charge in [-0.15, -0.1) is 0 Å². The Bertz CT molecular complexity index is 930. The van der Waals surface area contributed by atoms with Crippen molar-refractivity contribution >= 4 is 0 Å². The number of nitrogens with zero attached hydrogens (tertiary/aromatic N) is 3. The molecule has 0 saturated carbocycles. The lowest BCUT2D eigenvalue weighted by molar-refractivity contribution is 0.241. The quantitative estimate of drug-likeness (QED) is 0.793. The Morgan fingerprint density at radius 2 is 2.16 bits per heavy atom. The number of pyridine rings is 1. The molecular weight excluding hydrogens is 316 g/mol. The van der Waals surface area contributed by atoms with Crippen molar-refractivity contribution in [3.8, 4) is 11.4 Å². The van der Waals surface area contributed by atoms with Crippen LogP contribution in [0.5, 0.6) is 5.75 Å². The third-order valence-electron chi connectivity index (χ3n) is 4.56. The fourth-order valence-corrected chi connectivity index (χ4v) is 3.25. The monoisotopic (exact) mass is 336 g/mol. The maximum atomic E-state index is 12.9. The van der Waals surface area contributed by atoms with Gasteiger partial charge in [0.1, 0.15) is 5.75 Å². The number of rotatable bonds is 4. The van der Waals surface area contributed by atoms with Gasteiger partial charge in [-0.05, 0) is 24.3 Å². The molecule has 0 radical (unpaired) electrons. The van der Waals surface area contributed by atoms with Gasteiger partial charge >= 0.3 is 0 Å². The van der Waals surface area contributed by atoms with E-state index in [4.69, 9.17) is 4.74 Å². The highest BCUT2D eigenvalue weighted by Crippen LogP contribution is 2.19. The van der Waals surface area contributed by atoms with Crippen molar-refractivity contribution in [1.29, 1.82) is 0 Å². The number of benzene rings is 1. The Kier molecular flexibility index (Phi) is 4.11. The second kappa shape index (κ2) is 6.57. The van der Waals surface area contributed by atoms with Gasteiger partial charge in [0.05, 0.1) is 24.1 Å². The molecule has 0 bridgehead atoms. The highest BCUT2D eigenvalue weighted by atomic mass is 16.5. The number of aromatic nitrogens is 3. The molecule has 0 saturated heterocycles. The van der Waals surface area contributed by atoms with Gasteiger partial charge in [0.2, 0.25) is 0 Å². The molecule has 6 heteroatoms. The van der Waals surface area contributed by atoms with Gasteiger partial charge in [0, 0.05) is 44.0 Å². The number of H-pyrrole nitrogens is 1. The molecule has 0 spiro atoms. The van der Waals surface area contributed by atoms with Crippen LogP contribution in [0.25, 0.3) is 5.69 Å². The molecule has 0 fully saturated rings. The lowest BCUT2D eigenvalue weighted by atomic mass is 10.1. The van der Waals surface area contributed by atoms with Crippen molar-refractivity contribution in [2.75, 3.05) is 13.7 Å². The Morgan fingerprint density at radius 3 is 2.96 bits per heavy atom. The van der Waals surface area contributed by atoms with Gasteiger partial charge in [-0.25, -0.2) is 4.68 Å². The normalized spacial score (nSPS) is 14.3. The van der Waals surface area contributed by atoms with Crippen molar-refractivity contribution in [3.63, 3.8) is 0 Å². The minimum atomic E-state index is 0.00831. The minimum Gasteiger partial charge on any atom is -0.497 e. The molecule has 6 nitrogen and oxygen atoms in total. The summed E-state index contributed by atoms with van der Waals surface area (Å²) >= 11 is 0. The fraction of sp³-hybridized carbons (Fsp3) is 0.263. The third kappa shape index (κ3) is 3.08. The smallest absolute Gasteiger partial charge is 0.275 e. The minimum absolute atomic E-state index is 0.00831. The molecule has 0 aliphatic carbocycles. The summed E-state index contributed by atoms with van der Waals surface area (Å²) in [6, 6.07) is 13.4. The average Bonchev–Trinajstić information content (AvgIpc) is 2.99. The lowest BCUT2D eigenvalue weighted by Crippen LogP contribution is -2.32. The van der Waals surface area contributed by atoms with Gasteiger partial charge in [-0.3, -0.25) is 19.8 Å². The number of fused-ring (bicyclic) bond motifs is 1. The lowest BCUT2D eigenvalue weighted by Gasteiger charge is -2.25. The van der Waals surface area contributed by atoms with E-state index in [1.54, 1.807) is 18.0 Å². The second-order valence-corrected chi connectivity index (χ2v) is 6.19.